The maximum atomic E-state index is 12.1. The molecule has 1 heterocycles. The lowest BCUT2D eigenvalue weighted by atomic mass is 9.95. The van der Waals surface area contributed by atoms with Gasteiger partial charge in [0.25, 0.3) is 0 Å². The third-order valence-electron chi connectivity index (χ3n) is 3.69. The second kappa shape index (κ2) is 8.50. The van der Waals surface area contributed by atoms with Crippen molar-refractivity contribution in [2.24, 2.45) is 0 Å². The van der Waals surface area contributed by atoms with Gasteiger partial charge in [-0.2, -0.15) is 5.26 Å². The fraction of sp³-hybridized carbons (Fsp3) is 0.412. The molecule has 0 fully saturated rings. The summed E-state index contributed by atoms with van der Waals surface area (Å²) in [6, 6.07) is 3.47. The Morgan fingerprint density at radius 1 is 1.50 bits per heavy atom. The maximum Gasteiger partial charge on any atom is 0.321 e. The molecule has 2 rings (SSSR count). The van der Waals surface area contributed by atoms with Gasteiger partial charge in [-0.05, 0) is 44.2 Å². The summed E-state index contributed by atoms with van der Waals surface area (Å²) in [6.07, 6.45) is 5.58. The van der Waals surface area contributed by atoms with Gasteiger partial charge in [-0.15, -0.1) is 6.58 Å². The number of carbonyl (C=O) groups is 2. The predicted octanol–water partition coefficient (Wildman–Crippen LogP) is 2.32. The van der Waals surface area contributed by atoms with Crippen molar-refractivity contribution >= 4 is 23.7 Å². The molecule has 0 aliphatic heterocycles. The van der Waals surface area contributed by atoms with Crippen LogP contribution in [-0.2, 0) is 17.6 Å². The van der Waals surface area contributed by atoms with E-state index < -0.39 is 17.2 Å². The number of nitrogens with one attached hydrogen (secondary N) is 2. The first-order chi connectivity index (χ1) is 11.5. The fourth-order valence-electron chi connectivity index (χ4n) is 2.43. The Morgan fingerprint density at radius 2 is 2.25 bits per heavy atom. The molecule has 6 nitrogen and oxygen atoms in total. The maximum absolute atomic E-state index is 12.1. The molecular formula is C17H20N4O2S. The lowest BCUT2D eigenvalue weighted by molar-refractivity contribution is -0.119. The minimum absolute atomic E-state index is 0.283. The first-order valence-electron chi connectivity index (χ1n) is 7.84. The van der Waals surface area contributed by atoms with Crippen LogP contribution in [0.15, 0.2) is 23.7 Å². The van der Waals surface area contributed by atoms with E-state index in [2.05, 4.69) is 28.3 Å². The monoisotopic (exact) mass is 344 g/mol. The second-order valence-corrected chi connectivity index (χ2v) is 6.84. The highest BCUT2D eigenvalue weighted by Crippen LogP contribution is 2.29. The molecule has 0 saturated heterocycles. The standard InChI is InChI=1S/C17H20N4O2S/c1-3-8-19-17(23)21-15(22)11(2)24-16-13(10-18)9-12-6-4-5-7-14(12)20-16/h3,9,11H,1,4-8H2,2H3,(H2,19,21,22,23)/t11-/m1/s1. The normalized spacial score (nSPS) is 14.0. The summed E-state index contributed by atoms with van der Waals surface area (Å²) in [5, 5.41) is 14.1. The third kappa shape index (κ3) is 4.59. The van der Waals surface area contributed by atoms with Gasteiger partial charge in [0.2, 0.25) is 5.91 Å². The van der Waals surface area contributed by atoms with E-state index >= 15 is 0 Å². The van der Waals surface area contributed by atoms with Gasteiger partial charge in [-0.3, -0.25) is 10.1 Å². The van der Waals surface area contributed by atoms with Gasteiger partial charge < -0.3 is 5.32 Å². The smallest absolute Gasteiger partial charge is 0.321 e. The Balaban J connectivity index is 2.06. The highest BCUT2D eigenvalue weighted by molar-refractivity contribution is 8.00. The summed E-state index contributed by atoms with van der Waals surface area (Å²) in [5.74, 6) is -0.426. The van der Waals surface area contributed by atoms with Crippen molar-refractivity contribution in [1.82, 2.24) is 15.6 Å². The quantitative estimate of drug-likeness (QED) is 0.631. The van der Waals surface area contributed by atoms with Crippen LogP contribution in [0.25, 0.3) is 0 Å². The third-order valence-corrected chi connectivity index (χ3v) is 4.79. The molecule has 0 aromatic carbocycles. The summed E-state index contributed by atoms with van der Waals surface area (Å²) in [6.45, 7) is 5.45. The van der Waals surface area contributed by atoms with Crippen LogP contribution in [0, 0.1) is 11.3 Å². The van der Waals surface area contributed by atoms with E-state index in [1.807, 2.05) is 6.07 Å². The summed E-state index contributed by atoms with van der Waals surface area (Å²) < 4.78 is 0. The lowest BCUT2D eigenvalue weighted by Gasteiger charge is -2.17. The zero-order valence-electron chi connectivity index (χ0n) is 13.6. The first-order valence-corrected chi connectivity index (χ1v) is 8.72. The Bertz CT molecular complexity index is 697. The number of nitriles is 1. The van der Waals surface area contributed by atoms with E-state index in [0.717, 1.165) is 36.9 Å². The summed E-state index contributed by atoms with van der Waals surface area (Å²) in [7, 11) is 0. The average Bonchev–Trinajstić information content (AvgIpc) is 2.59. The van der Waals surface area contributed by atoms with Gasteiger partial charge in [0, 0.05) is 12.2 Å². The SMILES string of the molecule is C=CCNC(=O)NC(=O)[C@@H](C)Sc1nc2c(cc1C#N)CCCC2. The summed E-state index contributed by atoms with van der Waals surface area (Å²) >= 11 is 1.20. The van der Waals surface area contributed by atoms with Gasteiger partial charge in [0.1, 0.15) is 11.1 Å². The van der Waals surface area contributed by atoms with Crippen molar-refractivity contribution in [3.63, 3.8) is 0 Å². The molecule has 1 aromatic heterocycles. The second-order valence-electron chi connectivity index (χ2n) is 5.51. The molecule has 3 amide bonds. The highest BCUT2D eigenvalue weighted by atomic mass is 32.2. The number of aromatic nitrogens is 1. The highest BCUT2D eigenvalue weighted by Gasteiger charge is 2.21. The minimum Gasteiger partial charge on any atom is -0.334 e. The zero-order chi connectivity index (χ0) is 17.5. The Hall–Kier alpha value is -2.33. The molecule has 0 bridgehead atoms. The van der Waals surface area contributed by atoms with Crippen LogP contribution in [0.5, 0.6) is 0 Å². The predicted molar refractivity (Wildman–Crippen MR) is 92.7 cm³/mol. The van der Waals surface area contributed by atoms with E-state index in [1.54, 1.807) is 6.92 Å². The number of fused-ring (bicyclic) bond motifs is 1. The molecule has 0 spiro atoms. The van der Waals surface area contributed by atoms with Crippen LogP contribution in [0.3, 0.4) is 0 Å². The van der Waals surface area contributed by atoms with Crippen LogP contribution < -0.4 is 10.6 Å². The Labute approximate surface area is 145 Å². The molecule has 0 radical (unpaired) electrons. The van der Waals surface area contributed by atoms with Crippen LogP contribution in [-0.4, -0.2) is 28.7 Å². The number of aryl methyl sites for hydroxylation is 2. The molecule has 24 heavy (non-hydrogen) atoms. The number of urea groups is 1. The molecule has 0 unspecified atom stereocenters. The van der Waals surface area contributed by atoms with E-state index in [4.69, 9.17) is 0 Å². The fourth-order valence-corrected chi connectivity index (χ4v) is 3.32. The molecule has 1 aliphatic rings. The molecule has 7 heteroatoms. The van der Waals surface area contributed by atoms with E-state index in [9.17, 15) is 14.9 Å². The molecule has 0 saturated carbocycles. The van der Waals surface area contributed by atoms with Gasteiger partial charge in [0.15, 0.2) is 0 Å². The molecule has 1 aromatic rings. The van der Waals surface area contributed by atoms with Crippen molar-refractivity contribution in [3.05, 3.63) is 35.5 Å². The molecule has 2 N–H and O–H groups in total. The van der Waals surface area contributed by atoms with Crippen LogP contribution in [0.1, 0.15) is 36.6 Å². The summed E-state index contributed by atoms with van der Waals surface area (Å²) in [4.78, 5) is 28.2. The lowest BCUT2D eigenvalue weighted by Crippen LogP contribution is -2.42. The summed E-state index contributed by atoms with van der Waals surface area (Å²) in [5.41, 5.74) is 2.62. The number of pyridine rings is 1. The Kier molecular flexibility index (Phi) is 6.38. The van der Waals surface area contributed by atoms with Crippen LogP contribution in [0.4, 0.5) is 4.79 Å². The zero-order valence-corrected chi connectivity index (χ0v) is 14.4. The Morgan fingerprint density at radius 3 is 2.96 bits per heavy atom. The van der Waals surface area contributed by atoms with Crippen molar-refractivity contribution in [3.8, 4) is 6.07 Å². The van der Waals surface area contributed by atoms with Crippen molar-refractivity contribution in [2.75, 3.05) is 6.54 Å². The van der Waals surface area contributed by atoms with Crippen LogP contribution in [0.2, 0.25) is 0 Å². The number of rotatable bonds is 5. The van der Waals surface area contributed by atoms with E-state index in [0.29, 0.717) is 10.6 Å². The van der Waals surface area contributed by atoms with Crippen LogP contribution >= 0.6 is 11.8 Å². The van der Waals surface area contributed by atoms with Crippen molar-refractivity contribution < 1.29 is 9.59 Å². The number of thioether (sulfide) groups is 1. The first kappa shape index (κ1) is 18.0. The van der Waals surface area contributed by atoms with Gasteiger partial charge in [-0.25, -0.2) is 9.78 Å². The van der Waals surface area contributed by atoms with Gasteiger partial charge >= 0.3 is 6.03 Å². The molecule has 126 valence electrons. The number of carbonyl (C=O) groups excluding carboxylic acids is 2. The number of nitrogens with zero attached hydrogens (tertiary/aromatic N) is 2. The number of hydrogen-bond donors (Lipinski definition) is 2. The van der Waals surface area contributed by atoms with Gasteiger partial charge in [-0.1, -0.05) is 17.8 Å². The molecule has 1 atom stereocenters. The van der Waals surface area contributed by atoms with E-state index in [-0.39, 0.29) is 6.54 Å². The number of amides is 3. The largest absolute Gasteiger partial charge is 0.334 e. The average molecular weight is 344 g/mol. The number of imide groups is 1. The number of hydrogen-bond acceptors (Lipinski definition) is 5. The van der Waals surface area contributed by atoms with Crippen molar-refractivity contribution in [2.45, 2.75) is 42.9 Å². The molecular weight excluding hydrogens is 324 g/mol. The van der Waals surface area contributed by atoms with E-state index in [1.165, 1.54) is 17.8 Å². The topological polar surface area (TPSA) is 94.9 Å². The van der Waals surface area contributed by atoms with Crippen molar-refractivity contribution in [1.29, 1.82) is 5.26 Å². The minimum atomic E-state index is -0.564. The van der Waals surface area contributed by atoms with Gasteiger partial charge in [0.05, 0.1) is 10.8 Å². The molecule has 1 aliphatic carbocycles.